The van der Waals surface area contributed by atoms with Crippen LogP contribution in [0, 0.1) is 0 Å². The zero-order chi connectivity index (χ0) is 13.0. The molecule has 2 aromatic rings. The number of carbonyl (C=O) groups excluding carboxylic acids is 1. The smallest absolute Gasteiger partial charge is 0.330 e. The number of carboxylic acids is 1. The van der Waals surface area contributed by atoms with Crippen LogP contribution in [0.1, 0.15) is 22.0 Å². The van der Waals surface area contributed by atoms with Gasteiger partial charge < -0.3 is 14.8 Å². The molecule has 0 bridgehead atoms. The fourth-order valence-corrected chi connectivity index (χ4v) is 1.54. The lowest BCUT2D eigenvalue weighted by molar-refractivity contribution is -0.139. The summed E-state index contributed by atoms with van der Waals surface area (Å²) in [5.74, 6) is -1.60. The predicted molar refractivity (Wildman–Crippen MR) is 63.0 cm³/mol. The number of benzene rings is 1. The van der Waals surface area contributed by atoms with Gasteiger partial charge in [-0.2, -0.15) is 0 Å². The van der Waals surface area contributed by atoms with Crippen molar-refractivity contribution >= 4 is 11.9 Å². The van der Waals surface area contributed by atoms with Crippen LogP contribution < -0.4 is 5.32 Å². The summed E-state index contributed by atoms with van der Waals surface area (Å²) in [6.45, 7) is 0. The van der Waals surface area contributed by atoms with Crippen LogP contribution in [0.25, 0.3) is 0 Å². The summed E-state index contributed by atoms with van der Waals surface area (Å²) in [5, 5.41) is 11.6. The SMILES string of the molecule is O=C(N[C@@H](C(=O)O)c1ccccc1)c1ccoc1. The topological polar surface area (TPSA) is 79.5 Å². The molecule has 92 valence electrons. The van der Waals surface area contributed by atoms with Crippen LogP contribution in [0.3, 0.4) is 0 Å². The number of carbonyl (C=O) groups is 2. The summed E-state index contributed by atoms with van der Waals surface area (Å²) in [5.41, 5.74) is 0.805. The summed E-state index contributed by atoms with van der Waals surface area (Å²) in [6, 6.07) is 8.90. The second kappa shape index (κ2) is 5.18. The van der Waals surface area contributed by atoms with Crippen LogP contribution in [0.4, 0.5) is 0 Å². The highest BCUT2D eigenvalue weighted by Gasteiger charge is 2.22. The van der Waals surface area contributed by atoms with Crippen molar-refractivity contribution in [3.63, 3.8) is 0 Å². The standard InChI is InChI=1S/C13H11NO4/c15-12(10-6-7-18-8-10)14-11(13(16)17)9-4-2-1-3-5-9/h1-8,11H,(H,14,15)(H,16,17)/t11-/m1/s1. The Morgan fingerprint density at radius 1 is 1.17 bits per heavy atom. The highest BCUT2D eigenvalue weighted by molar-refractivity contribution is 5.96. The maximum Gasteiger partial charge on any atom is 0.330 e. The van der Waals surface area contributed by atoms with E-state index < -0.39 is 17.9 Å². The van der Waals surface area contributed by atoms with Crippen LogP contribution >= 0.6 is 0 Å². The minimum absolute atomic E-state index is 0.289. The summed E-state index contributed by atoms with van der Waals surface area (Å²) < 4.78 is 4.78. The zero-order valence-corrected chi connectivity index (χ0v) is 9.37. The Bertz CT molecular complexity index is 533. The Labute approximate surface area is 103 Å². The number of amides is 1. The maximum absolute atomic E-state index is 11.8. The van der Waals surface area contributed by atoms with E-state index in [2.05, 4.69) is 5.32 Å². The number of furan rings is 1. The predicted octanol–water partition coefficient (Wildman–Crippen LogP) is 1.84. The molecule has 0 saturated carbocycles. The molecule has 0 aliphatic carbocycles. The van der Waals surface area contributed by atoms with Gasteiger partial charge in [-0.15, -0.1) is 0 Å². The van der Waals surface area contributed by atoms with Gasteiger partial charge in [-0.25, -0.2) is 4.79 Å². The van der Waals surface area contributed by atoms with Gasteiger partial charge in [0.2, 0.25) is 0 Å². The van der Waals surface area contributed by atoms with Crippen LogP contribution in [0.5, 0.6) is 0 Å². The second-order valence-electron chi connectivity index (χ2n) is 3.67. The lowest BCUT2D eigenvalue weighted by Crippen LogP contribution is -2.33. The highest BCUT2D eigenvalue weighted by atomic mass is 16.4. The van der Waals surface area contributed by atoms with Gasteiger partial charge >= 0.3 is 5.97 Å². The molecule has 0 radical (unpaired) electrons. The Morgan fingerprint density at radius 3 is 2.44 bits per heavy atom. The van der Waals surface area contributed by atoms with Gasteiger partial charge in [0.05, 0.1) is 11.8 Å². The van der Waals surface area contributed by atoms with E-state index >= 15 is 0 Å². The van der Waals surface area contributed by atoms with Gasteiger partial charge in [-0.05, 0) is 11.6 Å². The van der Waals surface area contributed by atoms with Crippen molar-refractivity contribution in [1.29, 1.82) is 0 Å². The van der Waals surface area contributed by atoms with E-state index in [-0.39, 0.29) is 5.56 Å². The third-order valence-electron chi connectivity index (χ3n) is 2.44. The van der Waals surface area contributed by atoms with E-state index in [4.69, 9.17) is 9.52 Å². The van der Waals surface area contributed by atoms with Gasteiger partial charge in [0.15, 0.2) is 6.04 Å². The monoisotopic (exact) mass is 245 g/mol. The Hall–Kier alpha value is -2.56. The first-order valence-electron chi connectivity index (χ1n) is 5.29. The molecule has 0 saturated heterocycles. The van der Waals surface area contributed by atoms with E-state index in [9.17, 15) is 9.59 Å². The summed E-state index contributed by atoms with van der Waals surface area (Å²) in [4.78, 5) is 22.9. The molecule has 1 aromatic heterocycles. The molecule has 0 unspecified atom stereocenters. The van der Waals surface area contributed by atoms with Crippen molar-refractivity contribution in [3.05, 3.63) is 60.1 Å². The van der Waals surface area contributed by atoms with Crippen LogP contribution in [-0.2, 0) is 4.79 Å². The van der Waals surface area contributed by atoms with Crippen LogP contribution in [0.15, 0.2) is 53.3 Å². The van der Waals surface area contributed by atoms with E-state index in [1.165, 1.54) is 18.6 Å². The van der Waals surface area contributed by atoms with Crippen molar-refractivity contribution < 1.29 is 19.1 Å². The average Bonchev–Trinajstić information content (AvgIpc) is 2.90. The van der Waals surface area contributed by atoms with Crippen molar-refractivity contribution in [2.45, 2.75) is 6.04 Å². The average molecular weight is 245 g/mol. The summed E-state index contributed by atoms with van der Waals surface area (Å²) in [6.07, 6.45) is 2.62. The van der Waals surface area contributed by atoms with E-state index in [1.807, 2.05) is 0 Å². The van der Waals surface area contributed by atoms with E-state index in [0.29, 0.717) is 5.56 Å². The largest absolute Gasteiger partial charge is 0.479 e. The van der Waals surface area contributed by atoms with Gasteiger partial charge in [0, 0.05) is 0 Å². The van der Waals surface area contributed by atoms with Gasteiger partial charge in [-0.1, -0.05) is 30.3 Å². The molecule has 0 aliphatic heterocycles. The summed E-state index contributed by atoms with van der Waals surface area (Å²) >= 11 is 0. The Kier molecular flexibility index (Phi) is 3.43. The number of hydrogen-bond acceptors (Lipinski definition) is 3. The zero-order valence-electron chi connectivity index (χ0n) is 9.37. The van der Waals surface area contributed by atoms with Gasteiger partial charge in [0.1, 0.15) is 6.26 Å². The van der Waals surface area contributed by atoms with Crippen molar-refractivity contribution in [2.75, 3.05) is 0 Å². The molecule has 5 nitrogen and oxygen atoms in total. The lowest BCUT2D eigenvalue weighted by atomic mass is 10.1. The molecule has 2 N–H and O–H groups in total. The molecule has 0 fully saturated rings. The fraction of sp³-hybridized carbons (Fsp3) is 0.0769. The minimum Gasteiger partial charge on any atom is -0.479 e. The van der Waals surface area contributed by atoms with Gasteiger partial charge in [0.25, 0.3) is 5.91 Å². The molecule has 0 aliphatic rings. The van der Waals surface area contributed by atoms with Gasteiger partial charge in [-0.3, -0.25) is 4.79 Å². The summed E-state index contributed by atoms with van der Waals surface area (Å²) in [7, 11) is 0. The molecule has 1 atom stereocenters. The number of carboxylic acid groups (broad SMARTS) is 1. The third-order valence-corrected chi connectivity index (χ3v) is 2.44. The molecule has 1 heterocycles. The number of nitrogens with one attached hydrogen (secondary N) is 1. The molecular formula is C13H11NO4. The molecule has 2 rings (SSSR count). The first-order chi connectivity index (χ1) is 8.68. The van der Waals surface area contributed by atoms with Crippen molar-refractivity contribution in [3.8, 4) is 0 Å². The lowest BCUT2D eigenvalue weighted by Gasteiger charge is -2.14. The van der Waals surface area contributed by atoms with Crippen LogP contribution in [0.2, 0.25) is 0 Å². The van der Waals surface area contributed by atoms with E-state index in [0.717, 1.165) is 0 Å². The first-order valence-corrected chi connectivity index (χ1v) is 5.29. The normalized spacial score (nSPS) is 11.8. The second-order valence-corrected chi connectivity index (χ2v) is 3.67. The number of rotatable bonds is 4. The maximum atomic E-state index is 11.8. The molecular weight excluding hydrogens is 234 g/mol. The van der Waals surface area contributed by atoms with Crippen LogP contribution in [-0.4, -0.2) is 17.0 Å². The molecule has 1 amide bonds. The highest BCUT2D eigenvalue weighted by Crippen LogP contribution is 2.13. The molecule has 18 heavy (non-hydrogen) atoms. The molecule has 1 aromatic carbocycles. The minimum atomic E-state index is -1.11. The molecule has 0 spiro atoms. The van der Waals surface area contributed by atoms with Crippen molar-refractivity contribution in [2.24, 2.45) is 0 Å². The fourth-order valence-electron chi connectivity index (χ4n) is 1.54. The number of aliphatic carboxylic acids is 1. The van der Waals surface area contributed by atoms with E-state index in [1.54, 1.807) is 30.3 Å². The Morgan fingerprint density at radius 2 is 1.89 bits per heavy atom. The quantitative estimate of drug-likeness (QED) is 0.861. The molecule has 5 heteroatoms. The third kappa shape index (κ3) is 2.57. The number of hydrogen-bond donors (Lipinski definition) is 2. The Balaban J connectivity index is 2.18. The van der Waals surface area contributed by atoms with Crippen molar-refractivity contribution in [1.82, 2.24) is 5.32 Å². The first kappa shape index (κ1) is 11.9.